The Kier molecular flexibility index (Phi) is 12.1. The van der Waals surface area contributed by atoms with Crippen molar-refractivity contribution >= 4 is 53.1 Å². The standard InChI is InChI=1S/C22H29ClN4O3.HI/c1-15-9-10-18(17(23)13-15)27-21(28)11-12-25-22(24-3)26-14-16(2)30-20-8-6-5-7-19(20)29-4;/h5-10,13,16H,11-12,14H2,1-4H3,(H,27,28)(H2,24,25,26);1H. The van der Waals surface area contributed by atoms with E-state index in [0.717, 1.165) is 5.56 Å². The van der Waals surface area contributed by atoms with E-state index in [1.165, 1.54) is 0 Å². The molecule has 0 saturated heterocycles. The Bertz CT molecular complexity index is 880. The number of halogens is 2. The van der Waals surface area contributed by atoms with Crippen LogP contribution in [0.5, 0.6) is 11.5 Å². The first-order valence-electron chi connectivity index (χ1n) is 9.73. The number of carbonyl (C=O) groups excluding carboxylic acids is 1. The van der Waals surface area contributed by atoms with Crippen LogP contribution in [0.3, 0.4) is 0 Å². The van der Waals surface area contributed by atoms with Crippen molar-refractivity contribution < 1.29 is 14.3 Å². The molecule has 1 unspecified atom stereocenters. The number of ether oxygens (including phenoxy) is 2. The molecule has 31 heavy (non-hydrogen) atoms. The highest BCUT2D eigenvalue weighted by Gasteiger charge is 2.10. The van der Waals surface area contributed by atoms with Crippen LogP contribution in [0.15, 0.2) is 47.5 Å². The number of hydrogen-bond donors (Lipinski definition) is 3. The molecular formula is C22H30ClIN4O3. The number of benzene rings is 2. The summed E-state index contributed by atoms with van der Waals surface area (Å²) in [5.41, 5.74) is 1.65. The van der Waals surface area contributed by atoms with E-state index in [1.807, 2.05) is 50.2 Å². The molecule has 0 fully saturated rings. The fourth-order valence-electron chi connectivity index (χ4n) is 2.66. The van der Waals surface area contributed by atoms with Crippen LogP contribution in [0.4, 0.5) is 5.69 Å². The van der Waals surface area contributed by atoms with Crippen molar-refractivity contribution in [3.8, 4) is 11.5 Å². The van der Waals surface area contributed by atoms with Crippen LogP contribution in [0, 0.1) is 6.92 Å². The smallest absolute Gasteiger partial charge is 0.226 e. The monoisotopic (exact) mass is 560 g/mol. The zero-order valence-corrected chi connectivity index (χ0v) is 21.3. The number of nitrogens with one attached hydrogen (secondary N) is 3. The summed E-state index contributed by atoms with van der Waals surface area (Å²) in [6.07, 6.45) is 0.157. The van der Waals surface area contributed by atoms with E-state index in [2.05, 4.69) is 20.9 Å². The normalized spacial score (nSPS) is 11.7. The Morgan fingerprint density at radius 1 is 1.16 bits per heavy atom. The van der Waals surface area contributed by atoms with Crippen molar-refractivity contribution in [3.63, 3.8) is 0 Å². The number of rotatable bonds is 9. The number of guanidine groups is 1. The fourth-order valence-corrected chi connectivity index (χ4v) is 2.95. The van der Waals surface area contributed by atoms with Crippen molar-refractivity contribution in [1.29, 1.82) is 0 Å². The minimum absolute atomic E-state index is 0. The molecule has 7 nitrogen and oxygen atoms in total. The number of hydrogen-bond acceptors (Lipinski definition) is 4. The lowest BCUT2D eigenvalue weighted by Crippen LogP contribution is -2.42. The second kappa shape index (κ2) is 14.0. The first kappa shape index (κ1) is 26.8. The van der Waals surface area contributed by atoms with Gasteiger partial charge in [0.05, 0.1) is 24.4 Å². The maximum Gasteiger partial charge on any atom is 0.226 e. The average Bonchev–Trinajstić information content (AvgIpc) is 2.73. The van der Waals surface area contributed by atoms with Gasteiger partial charge < -0.3 is 25.4 Å². The molecular weight excluding hydrogens is 531 g/mol. The third-order valence-electron chi connectivity index (χ3n) is 4.22. The van der Waals surface area contributed by atoms with Crippen LogP contribution in [0.25, 0.3) is 0 Å². The third-order valence-corrected chi connectivity index (χ3v) is 4.53. The number of aliphatic imine (C=N–C) groups is 1. The van der Waals surface area contributed by atoms with E-state index < -0.39 is 0 Å². The molecule has 0 aliphatic rings. The van der Waals surface area contributed by atoms with E-state index in [4.69, 9.17) is 21.1 Å². The lowest BCUT2D eigenvalue weighted by atomic mass is 10.2. The zero-order chi connectivity index (χ0) is 21.9. The van der Waals surface area contributed by atoms with Crippen molar-refractivity contribution in [2.24, 2.45) is 4.99 Å². The molecule has 2 rings (SSSR count). The summed E-state index contributed by atoms with van der Waals surface area (Å²) in [6, 6.07) is 13.0. The topological polar surface area (TPSA) is 84.0 Å². The molecule has 1 amide bonds. The Labute approximate surface area is 206 Å². The Morgan fingerprint density at radius 3 is 2.52 bits per heavy atom. The molecule has 0 radical (unpaired) electrons. The number of amides is 1. The van der Waals surface area contributed by atoms with Crippen LogP contribution in [0.2, 0.25) is 5.02 Å². The summed E-state index contributed by atoms with van der Waals surface area (Å²) in [6.45, 7) is 4.85. The minimum Gasteiger partial charge on any atom is -0.493 e. The number of carbonyl (C=O) groups is 1. The van der Waals surface area contributed by atoms with E-state index in [1.54, 1.807) is 20.2 Å². The fraction of sp³-hybridized carbons (Fsp3) is 0.364. The summed E-state index contributed by atoms with van der Waals surface area (Å²) >= 11 is 6.15. The van der Waals surface area contributed by atoms with Gasteiger partial charge in [-0.1, -0.05) is 29.8 Å². The number of anilines is 1. The van der Waals surface area contributed by atoms with Crippen molar-refractivity contribution in [1.82, 2.24) is 10.6 Å². The molecule has 0 aliphatic carbocycles. The zero-order valence-electron chi connectivity index (χ0n) is 18.2. The van der Waals surface area contributed by atoms with Gasteiger partial charge in [0.1, 0.15) is 6.10 Å². The summed E-state index contributed by atoms with van der Waals surface area (Å²) in [5, 5.41) is 9.64. The van der Waals surface area contributed by atoms with Crippen LogP contribution in [0.1, 0.15) is 18.9 Å². The van der Waals surface area contributed by atoms with Crippen LogP contribution < -0.4 is 25.4 Å². The molecule has 170 valence electrons. The quantitative estimate of drug-likeness (QED) is 0.243. The van der Waals surface area contributed by atoms with Gasteiger partial charge in [-0.2, -0.15) is 0 Å². The van der Waals surface area contributed by atoms with Gasteiger partial charge in [-0.3, -0.25) is 9.79 Å². The lowest BCUT2D eigenvalue weighted by Gasteiger charge is -2.19. The van der Waals surface area contributed by atoms with Gasteiger partial charge in [0, 0.05) is 20.0 Å². The Balaban J connectivity index is 0.00000480. The first-order chi connectivity index (χ1) is 14.4. The Hall–Kier alpha value is -2.20. The summed E-state index contributed by atoms with van der Waals surface area (Å²) in [4.78, 5) is 16.3. The number of methoxy groups -OCH3 is 1. The molecule has 9 heteroatoms. The van der Waals surface area contributed by atoms with Gasteiger partial charge in [-0.15, -0.1) is 24.0 Å². The molecule has 0 aromatic heterocycles. The Morgan fingerprint density at radius 2 is 1.87 bits per heavy atom. The first-order valence-corrected chi connectivity index (χ1v) is 10.1. The molecule has 0 saturated carbocycles. The van der Waals surface area contributed by atoms with Gasteiger partial charge in [0.2, 0.25) is 5.91 Å². The number of aryl methyl sites for hydroxylation is 1. The molecule has 2 aromatic carbocycles. The lowest BCUT2D eigenvalue weighted by molar-refractivity contribution is -0.116. The van der Waals surface area contributed by atoms with Crippen LogP contribution in [-0.2, 0) is 4.79 Å². The van der Waals surface area contributed by atoms with Gasteiger partial charge in [0.15, 0.2) is 17.5 Å². The second-order valence-electron chi connectivity index (χ2n) is 6.74. The molecule has 0 aliphatic heterocycles. The SMILES string of the molecule is CN=C(NCCC(=O)Nc1ccc(C)cc1Cl)NCC(C)Oc1ccccc1OC.I. The van der Waals surface area contributed by atoms with Crippen LogP contribution in [-0.4, -0.2) is 45.2 Å². The molecule has 0 spiro atoms. The van der Waals surface area contributed by atoms with Crippen LogP contribution >= 0.6 is 35.6 Å². The van der Waals surface area contributed by atoms with E-state index in [0.29, 0.717) is 41.3 Å². The van der Waals surface area contributed by atoms with Gasteiger partial charge >= 0.3 is 0 Å². The minimum atomic E-state index is -0.128. The maximum absolute atomic E-state index is 12.1. The largest absolute Gasteiger partial charge is 0.493 e. The van der Waals surface area contributed by atoms with Crippen molar-refractivity contribution in [2.45, 2.75) is 26.4 Å². The van der Waals surface area contributed by atoms with Crippen molar-refractivity contribution in [3.05, 3.63) is 53.1 Å². The van der Waals surface area contributed by atoms with E-state index in [-0.39, 0.29) is 42.4 Å². The van der Waals surface area contributed by atoms with E-state index in [9.17, 15) is 4.79 Å². The molecule has 0 bridgehead atoms. The van der Waals surface area contributed by atoms with Crippen molar-refractivity contribution in [2.75, 3.05) is 32.6 Å². The average molecular weight is 561 g/mol. The highest BCUT2D eigenvalue weighted by atomic mass is 127. The number of para-hydroxylation sites is 2. The molecule has 3 N–H and O–H groups in total. The predicted molar refractivity (Wildman–Crippen MR) is 137 cm³/mol. The maximum atomic E-state index is 12.1. The summed E-state index contributed by atoms with van der Waals surface area (Å²) in [5.74, 6) is 1.83. The highest BCUT2D eigenvalue weighted by molar-refractivity contribution is 14.0. The molecule has 2 aromatic rings. The second-order valence-corrected chi connectivity index (χ2v) is 7.15. The predicted octanol–water partition coefficient (Wildman–Crippen LogP) is 4.24. The number of nitrogens with zero attached hydrogens (tertiary/aromatic N) is 1. The van der Waals surface area contributed by atoms with Gasteiger partial charge in [-0.05, 0) is 43.7 Å². The molecule has 1 atom stereocenters. The van der Waals surface area contributed by atoms with Gasteiger partial charge in [-0.25, -0.2) is 0 Å². The molecule has 0 heterocycles. The summed E-state index contributed by atoms with van der Waals surface area (Å²) < 4.78 is 11.2. The highest BCUT2D eigenvalue weighted by Crippen LogP contribution is 2.26. The summed E-state index contributed by atoms with van der Waals surface area (Å²) in [7, 11) is 3.28. The van der Waals surface area contributed by atoms with Gasteiger partial charge in [0.25, 0.3) is 0 Å². The third kappa shape index (κ3) is 9.22. The van der Waals surface area contributed by atoms with E-state index >= 15 is 0 Å².